The number of hydrogen-bond donors (Lipinski definition) is 5. The third kappa shape index (κ3) is 4.33. The van der Waals surface area contributed by atoms with E-state index in [1.807, 2.05) is 0 Å². The maximum atomic E-state index is 13.7. The van der Waals surface area contributed by atoms with Gasteiger partial charge in [-0.05, 0) is 31.0 Å². The van der Waals surface area contributed by atoms with Crippen molar-refractivity contribution in [1.82, 2.24) is 25.0 Å². The summed E-state index contributed by atoms with van der Waals surface area (Å²) in [6.45, 7) is 1.64. The van der Waals surface area contributed by atoms with Crippen LogP contribution in [0.4, 0.5) is 14.6 Å². The summed E-state index contributed by atoms with van der Waals surface area (Å²) in [6, 6.07) is 3.02. The number of aromatic nitrogens is 5. The number of thioether (sulfide) groups is 1. The zero-order chi connectivity index (χ0) is 24.1. The number of nitrogens with one attached hydrogen (secondary N) is 1. The Morgan fingerprint density at radius 1 is 1.15 bits per heavy atom. The second kappa shape index (κ2) is 8.96. The Labute approximate surface area is 197 Å². The lowest BCUT2D eigenvalue weighted by molar-refractivity contribution is -0.0253. The molecule has 2 aromatic heterocycles. The van der Waals surface area contributed by atoms with Crippen molar-refractivity contribution in [3.8, 4) is 0 Å². The van der Waals surface area contributed by atoms with Gasteiger partial charge < -0.3 is 25.7 Å². The van der Waals surface area contributed by atoms with Crippen molar-refractivity contribution in [1.29, 1.82) is 0 Å². The third-order valence-electron chi connectivity index (χ3n) is 6.18. The number of aliphatic hydroxyl groups is 4. The minimum Gasteiger partial charge on any atom is -0.393 e. The molecule has 1 aromatic carbocycles. The third-order valence-corrected chi connectivity index (χ3v) is 7.27. The minimum atomic E-state index is -1.31. The highest BCUT2D eigenvalue weighted by molar-refractivity contribution is 7.99. The molecule has 10 nitrogen and oxygen atoms in total. The molecule has 7 atom stereocenters. The average molecular weight is 495 g/mol. The first-order valence-electron chi connectivity index (χ1n) is 10.9. The molecule has 0 radical (unpaired) electrons. The number of rotatable bonds is 7. The highest BCUT2D eigenvalue weighted by Gasteiger charge is 2.44. The molecule has 2 fully saturated rings. The normalized spacial score (nSPS) is 29.5. The fourth-order valence-electron chi connectivity index (χ4n) is 4.26. The lowest BCUT2D eigenvalue weighted by Crippen LogP contribution is -2.31. The number of nitrogens with zero attached hydrogens (tertiary/aromatic N) is 5. The summed E-state index contributed by atoms with van der Waals surface area (Å²) < 4.78 is 28.3. The van der Waals surface area contributed by atoms with Gasteiger partial charge in [0.1, 0.15) is 12.2 Å². The van der Waals surface area contributed by atoms with Crippen LogP contribution in [0.5, 0.6) is 0 Å². The van der Waals surface area contributed by atoms with Crippen LogP contribution >= 0.6 is 11.8 Å². The highest BCUT2D eigenvalue weighted by Crippen LogP contribution is 2.44. The number of halogens is 2. The van der Waals surface area contributed by atoms with E-state index < -0.39 is 42.1 Å². The topological polar surface area (TPSA) is 149 Å². The Hall–Kier alpha value is -2.45. The molecule has 0 spiro atoms. The zero-order valence-electron chi connectivity index (χ0n) is 18.1. The predicted molar refractivity (Wildman–Crippen MR) is 118 cm³/mol. The van der Waals surface area contributed by atoms with E-state index in [0.29, 0.717) is 39.9 Å². The quantitative estimate of drug-likeness (QED) is 0.238. The number of anilines is 1. The van der Waals surface area contributed by atoms with E-state index in [1.54, 1.807) is 13.0 Å². The maximum Gasteiger partial charge on any atom is 0.191 e. The Balaban J connectivity index is 1.46. The van der Waals surface area contributed by atoms with Crippen molar-refractivity contribution in [3.05, 3.63) is 35.4 Å². The zero-order valence-corrected chi connectivity index (χ0v) is 18.9. The summed E-state index contributed by atoms with van der Waals surface area (Å²) in [5.41, 5.74) is 1.31. The van der Waals surface area contributed by atoms with Gasteiger partial charge in [0.05, 0.1) is 18.2 Å². The lowest BCUT2D eigenvalue weighted by Gasteiger charge is -2.16. The molecule has 3 aromatic rings. The van der Waals surface area contributed by atoms with Crippen LogP contribution in [0.1, 0.15) is 37.3 Å². The van der Waals surface area contributed by atoms with E-state index in [4.69, 9.17) is 0 Å². The van der Waals surface area contributed by atoms with Gasteiger partial charge in [-0.25, -0.2) is 23.4 Å². The van der Waals surface area contributed by atoms with Gasteiger partial charge >= 0.3 is 0 Å². The van der Waals surface area contributed by atoms with E-state index in [0.717, 1.165) is 6.07 Å². The second-order valence-corrected chi connectivity index (χ2v) is 9.83. The first kappa shape index (κ1) is 23.3. The Bertz CT molecular complexity index is 1210. The SMILES string of the molecule is C[C@@H](O)CSc1nc(N[C@@H]2C[C@H]2c2ccc(F)c(F)c2)c2nnn([C@@H]3C[C@H](O)[C@@H](O)[C@H]3O)c2n1. The van der Waals surface area contributed by atoms with E-state index in [-0.39, 0.29) is 18.4 Å². The van der Waals surface area contributed by atoms with Gasteiger partial charge in [-0.3, -0.25) is 0 Å². The lowest BCUT2D eigenvalue weighted by atomic mass is 10.1. The van der Waals surface area contributed by atoms with Crippen molar-refractivity contribution in [2.24, 2.45) is 0 Å². The molecule has 5 N–H and O–H groups in total. The average Bonchev–Trinajstić information content (AvgIpc) is 3.36. The molecule has 0 unspecified atom stereocenters. The molecule has 182 valence electrons. The fourth-order valence-corrected chi connectivity index (χ4v) is 4.96. The highest BCUT2D eigenvalue weighted by atomic mass is 32.2. The summed E-state index contributed by atoms with van der Waals surface area (Å²) in [5, 5.41) is 51.9. The molecule has 5 rings (SSSR count). The Kier molecular flexibility index (Phi) is 6.14. The number of hydrogen-bond acceptors (Lipinski definition) is 10. The molecule has 0 bridgehead atoms. The van der Waals surface area contributed by atoms with Crippen LogP contribution in [0.3, 0.4) is 0 Å². The molecule has 2 aliphatic carbocycles. The predicted octanol–water partition coefficient (Wildman–Crippen LogP) is 0.968. The van der Waals surface area contributed by atoms with Crippen LogP contribution in [0, 0.1) is 11.6 Å². The molecular weight excluding hydrogens is 470 g/mol. The smallest absolute Gasteiger partial charge is 0.191 e. The molecule has 0 saturated heterocycles. The van der Waals surface area contributed by atoms with Gasteiger partial charge in [-0.15, -0.1) is 5.10 Å². The number of aliphatic hydroxyl groups excluding tert-OH is 4. The van der Waals surface area contributed by atoms with E-state index >= 15 is 0 Å². The van der Waals surface area contributed by atoms with Crippen molar-refractivity contribution in [3.63, 3.8) is 0 Å². The summed E-state index contributed by atoms with van der Waals surface area (Å²) in [7, 11) is 0. The fraction of sp³-hybridized carbons (Fsp3) is 0.524. The number of benzene rings is 1. The van der Waals surface area contributed by atoms with E-state index in [1.165, 1.54) is 22.5 Å². The maximum absolute atomic E-state index is 13.7. The van der Waals surface area contributed by atoms with Gasteiger partial charge in [0, 0.05) is 24.1 Å². The molecule has 2 heterocycles. The van der Waals surface area contributed by atoms with Gasteiger partial charge in [0.25, 0.3) is 0 Å². The molecule has 0 amide bonds. The largest absolute Gasteiger partial charge is 0.393 e. The van der Waals surface area contributed by atoms with Crippen molar-refractivity contribution < 1.29 is 29.2 Å². The van der Waals surface area contributed by atoms with Gasteiger partial charge in [-0.1, -0.05) is 23.0 Å². The molecule has 0 aliphatic heterocycles. The van der Waals surface area contributed by atoms with Gasteiger partial charge in [0.2, 0.25) is 0 Å². The van der Waals surface area contributed by atoms with Crippen LogP contribution in [-0.4, -0.2) is 81.6 Å². The molecule has 2 saturated carbocycles. The second-order valence-electron chi connectivity index (χ2n) is 8.84. The minimum absolute atomic E-state index is 0.0364. The Morgan fingerprint density at radius 2 is 1.94 bits per heavy atom. The van der Waals surface area contributed by atoms with Crippen LogP contribution < -0.4 is 5.32 Å². The van der Waals surface area contributed by atoms with Crippen molar-refractivity contribution in [2.75, 3.05) is 11.1 Å². The first-order chi connectivity index (χ1) is 16.2. The van der Waals surface area contributed by atoms with Crippen molar-refractivity contribution in [2.45, 2.75) is 67.3 Å². The Morgan fingerprint density at radius 3 is 2.62 bits per heavy atom. The molecular formula is C21H24F2N6O4S. The summed E-state index contributed by atoms with van der Waals surface area (Å²) in [6.07, 6.45) is -3.50. The summed E-state index contributed by atoms with van der Waals surface area (Å²) in [4.78, 5) is 9.02. The van der Waals surface area contributed by atoms with Crippen LogP contribution in [0.25, 0.3) is 11.2 Å². The monoisotopic (exact) mass is 494 g/mol. The standard InChI is InChI=1S/C21H24F2N6O4S/c1-8(30)7-34-21-25-19(24-13-5-10(13)9-2-3-11(22)12(23)4-9)16-20(26-21)29(28-27-16)14-6-15(31)18(33)17(14)32/h2-4,8,10,13-15,17-18,30-33H,5-7H2,1H3,(H,24,25,26)/t8-,10+,13-,14-,15+,17+,18-/m1/s1. The van der Waals surface area contributed by atoms with E-state index in [2.05, 4.69) is 25.6 Å². The molecule has 2 aliphatic rings. The summed E-state index contributed by atoms with van der Waals surface area (Å²) in [5.74, 6) is -1.10. The van der Waals surface area contributed by atoms with Gasteiger partial charge in [-0.2, -0.15) is 0 Å². The van der Waals surface area contributed by atoms with E-state index in [9.17, 15) is 29.2 Å². The molecule has 13 heteroatoms. The number of fused-ring (bicyclic) bond motifs is 1. The van der Waals surface area contributed by atoms with Gasteiger partial charge in [0.15, 0.2) is 33.8 Å². The first-order valence-corrected chi connectivity index (χ1v) is 11.9. The van der Waals surface area contributed by atoms with Crippen LogP contribution in [0.15, 0.2) is 23.4 Å². The molecule has 34 heavy (non-hydrogen) atoms. The van der Waals surface area contributed by atoms with Crippen LogP contribution in [0.2, 0.25) is 0 Å². The summed E-state index contributed by atoms with van der Waals surface area (Å²) >= 11 is 1.23. The van der Waals surface area contributed by atoms with Crippen molar-refractivity contribution >= 4 is 28.7 Å². The van der Waals surface area contributed by atoms with Crippen LogP contribution in [-0.2, 0) is 0 Å².